The molecule has 0 radical (unpaired) electrons. The highest BCUT2D eigenvalue weighted by molar-refractivity contribution is 5.41. The summed E-state index contributed by atoms with van der Waals surface area (Å²) in [7, 11) is 0. The van der Waals surface area contributed by atoms with Crippen molar-refractivity contribution in [3.05, 3.63) is 53.0 Å². The van der Waals surface area contributed by atoms with Gasteiger partial charge in [0.25, 0.3) is 5.56 Å². The van der Waals surface area contributed by atoms with Gasteiger partial charge >= 0.3 is 0 Å². The SMILES string of the molecule is NNc1ccnc(Cn2cnccc2=O)c1. The Kier molecular flexibility index (Phi) is 2.93. The van der Waals surface area contributed by atoms with E-state index in [4.69, 9.17) is 5.84 Å². The number of hydrogen-bond donors (Lipinski definition) is 2. The molecule has 2 aromatic heterocycles. The highest BCUT2D eigenvalue weighted by Gasteiger charge is 1.99. The average molecular weight is 217 g/mol. The number of nitrogens with one attached hydrogen (secondary N) is 1. The number of nitrogens with zero attached hydrogens (tertiary/aromatic N) is 3. The summed E-state index contributed by atoms with van der Waals surface area (Å²) in [6, 6.07) is 4.93. The van der Waals surface area contributed by atoms with Crippen molar-refractivity contribution in [3.63, 3.8) is 0 Å². The molecule has 16 heavy (non-hydrogen) atoms. The molecule has 0 aliphatic heterocycles. The van der Waals surface area contributed by atoms with E-state index in [9.17, 15) is 4.79 Å². The fraction of sp³-hybridized carbons (Fsp3) is 0.100. The van der Waals surface area contributed by atoms with E-state index < -0.39 is 0 Å². The minimum Gasteiger partial charge on any atom is -0.324 e. The lowest BCUT2D eigenvalue weighted by atomic mass is 10.3. The van der Waals surface area contributed by atoms with Gasteiger partial charge in [0.2, 0.25) is 0 Å². The Morgan fingerprint density at radius 1 is 1.38 bits per heavy atom. The zero-order valence-electron chi connectivity index (χ0n) is 8.50. The van der Waals surface area contributed by atoms with Crippen molar-refractivity contribution in [2.24, 2.45) is 5.84 Å². The number of aromatic nitrogens is 3. The van der Waals surface area contributed by atoms with Crippen molar-refractivity contribution in [3.8, 4) is 0 Å². The maximum atomic E-state index is 11.4. The lowest BCUT2D eigenvalue weighted by Gasteiger charge is -2.05. The molecule has 0 atom stereocenters. The van der Waals surface area contributed by atoms with Crippen molar-refractivity contribution < 1.29 is 0 Å². The smallest absolute Gasteiger partial charge is 0.253 e. The van der Waals surface area contributed by atoms with Gasteiger partial charge in [-0.25, -0.2) is 4.98 Å². The molecule has 0 unspecified atom stereocenters. The number of nitrogen functional groups attached to an aromatic ring is 1. The summed E-state index contributed by atoms with van der Waals surface area (Å²) in [5.74, 6) is 5.28. The standard InChI is InChI=1S/C10H11N5O/c11-14-8-1-4-13-9(5-8)6-15-7-12-3-2-10(15)16/h1-5,7H,6,11H2,(H,13,14). The van der Waals surface area contributed by atoms with Gasteiger partial charge in [-0.1, -0.05) is 0 Å². The van der Waals surface area contributed by atoms with Crippen LogP contribution < -0.4 is 16.8 Å². The number of nitrogens with two attached hydrogens (primary N) is 1. The molecule has 0 aliphatic rings. The van der Waals surface area contributed by atoms with Crippen LogP contribution in [-0.4, -0.2) is 14.5 Å². The van der Waals surface area contributed by atoms with Crippen LogP contribution >= 0.6 is 0 Å². The summed E-state index contributed by atoms with van der Waals surface area (Å²) in [5, 5.41) is 0. The largest absolute Gasteiger partial charge is 0.324 e. The minimum atomic E-state index is -0.108. The summed E-state index contributed by atoms with van der Waals surface area (Å²) >= 11 is 0. The molecule has 2 aromatic rings. The highest BCUT2D eigenvalue weighted by Crippen LogP contribution is 2.06. The van der Waals surface area contributed by atoms with Gasteiger partial charge < -0.3 is 5.43 Å². The Bertz CT molecular complexity index is 536. The van der Waals surface area contributed by atoms with Gasteiger partial charge in [-0.3, -0.25) is 20.2 Å². The number of hydrazine groups is 1. The number of rotatable bonds is 3. The zero-order valence-corrected chi connectivity index (χ0v) is 8.50. The predicted octanol–water partition coefficient (Wildman–Crippen LogP) is -0.0278. The molecular weight excluding hydrogens is 206 g/mol. The second-order valence-electron chi connectivity index (χ2n) is 3.23. The highest BCUT2D eigenvalue weighted by atomic mass is 16.1. The van der Waals surface area contributed by atoms with Crippen LogP contribution in [0.1, 0.15) is 5.69 Å². The van der Waals surface area contributed by atoms with Crippen LogP contribution in [0.15, 0.2) is 41.7 Å². The summed E-state index contributed by atoms with van der Waals surface area (Å²) in [6.45, 7) is 0.377. The molecule has 0 bridgehead atoms. The van der Waals surface area contributed by atoms with Crippen molar-refractivity contribution >= 4 is 5.69 Å². The molecule has 6 heteroatoms. The second kappa shape index (κ2) is 4.54. The van der Waals surface area contributed by atoms with Gasteiger partial charge in [0, 0.05) is 18.5 Å². The van der Waals surface area contributed by atoms with E-state index in [0.717, 1.165) is 11.4 Å². The van der Waals surface area contributed by atoms with Gasteiger partial charge in [-0.2, -0.15) is 0 Å². The van der Waals surface area contributed by atoms with E-state index in [0.29, 0.717) is 6.54 Å². The van der Waals surface area contributed by atoms with Gasteiger partial charge in [0.15, 0.2) is 0 Å². The van der Waals surface area contributed by atoms with Gasteiger partial charge in [-0.05, 0) is 12.1 Å². The molecule has 0 fully saturated rings. The number of hydrogen-bond acceptors (Lipinski definition) is 5. The fourth-order valence-electron chi connectivity index (χ4n) is 1.33. The lowest BCUT2D eigenvalue weighted by Crippen LogP contribution is -2.20. The van der Waals surface area contributed by atoms with Crippen LogP contribution in [-0.2, 0) is 6.54 Å². The molecule has 82 valence electrons. The van der Waals surface area contributed by atoms with Crippen LogP contribution in [0.3, 0.4) is 0 Å². The molecular formula is C10H11N5O. The Hall–Kier alpha value is -2.21. The van der Waals surface area contributed by atoms with E-state index in [1.807, 2.05) is 0 Å². The maximum Gasteiger partial charge on any atom is 0.253 e. The summed E-state index contributed by atoms with van der Waals surface area (Å²) < 4.78 is 1.47. The Labute approximate surface area is 91.7 Å². The Balaban J connectivity index is 2.27. The van der Waals surface area contributed by atoms with Crippen molar-refractivity contribution in [2.75, 3.05) is 5.43 Å². The molecule has 0 aromatic carbocycles. The van der Waals surface area contributed by atoms with Crippen molar-refractivity contribution in [1.29, 1.82) is 0 Å². The molecule has 0 saturated heterocycles. The molecule has 0 saturated carbocycles. The van der Waals surface area contributed by atoms with Crippen LogP contribution in [0.2, 0.25) is 0 Å². The first-order valence-electron chi connectivity index (χ1n) is 4.71. The first kappa shape index (κ1) is 10.3. The molecule has 0 amide bonds. The van der Waals surface area contributed by atoms with Crippen molar-refractivity contribution in [2.45, 2.75) is 6.54 Å². The van der Waals surface area contributed by atoms with Crippen LogP contribution in [0.25, 0.3) is 0 Å². The van der Waals surface area contributed by atoms with Gasteiger partial charge in [0.05, 0.1) is 24.3 Å². The van der Waals surface area contributed by atoms with Gasteiger partial charge in [-0.15, -0.1) is 0 Å². The predicted molar refractivity (Wildman–Crippen MR) is 59.6 cm³/mol. The summed E-state index contributed by atoms with van der Waals surface area (Å²) in [6.07, 6.45) is 4.57. The Morgan fingerprint density at radius 2 is 2.25 bits per heavy atom. The summed E-state index contributed by atoms with van der Waals surface area (Å²) in [4.78, 5) is 19.5. The van der Waals surface area contributed by atoms with Crippen LogP contribution in [0.5, 0.6) is 0 Å². The molecule has 2 heterocycles. The van der Waals surface area contributed by atoms with E-state index >= 15 is 0 Å². The van der Waals surface area contributed by atoms with E-state index in [1.165, 1.54) is 23.2 Å². The van der Waals surface area contributed by atoms with E-state index in [1.54, 1.807) is 18.3 Å². The van der Waals surface area contributed by atoms with E-state index in [2.05, 4.69) is 15.4 Å². The topological polar surface area (TPSA) is 85.8 Å². The first-order valence-corrected chi connectivity index (χ1v) is 4.71. The lowest BCUT2D eigenvalue weighted by molar-refractivity contribution is 0.719. The van der Waals surface area contributed by atoms with E-state index in [-0.39, 0.29) is 5.56 Å². The molecule has 0 spiro atoms. The molecule has 3 N–H and O–H groups in total. The minimum absolute atomic E-state index is 0.108. The number of pyridine rings is 1. The van der Waals surface area contributed by atoms with Crippen LogP contribution in [0, 0.1) is 0 Å². The fourth-order valence-corrected chi connectivity index (χ4v) is 1.33. The maximum absolute atomic E-state index is 11.4. The number of anilines is 1. The van der Waals surface area contributed by atoms with Gasteiger partial charge in [0.1, 0.15) is 0 Å². The third-order valence-electron chi connectivity index (χ3n) is 2.11. The second-order valence-corrected chi connectivity index (χ2v) is 3.23. The monoisotopic (exact) mass is 217 g/mol. The molecule has 6 nitrogen and oxygen atoms in total. The first-order chi connectivity index (χ1) is 7.79. The zero-order chi connectivity index (χ0) is 11.4. The quantitative estimate of drug-likeness (QED) is 0.557. The molecule has 0 aliphatic carbocycles. The molecule has 2 rings (SSSR count). The van der Waals surface area contributed by atoms with Crippen LogP contribution in [0.4, 0.5) is 5.69 Å². The van der Waals surface area contributed by atoms with Crippen molar-refractivity contribution in [1.82, 2.24) is 14.5 Å². The summed E-state index contributed by atoms with van der Waals surface area (Å²) in [5.41, 5.74) is 3.91. The average Bonchev–Trinajstić information content (AvgIpc) is 2.32. The third kappa shape index (κ3) is 2.23. The Morgan fingerprint density at radius 3 is 3.00 bits per heavy atom. The third-order valence-corrected chi connectivity index (χ3v) is 2.11. The normalized spacial score (nSPS) is 10.1.